The molecule has 1 unspecified atom stereocenters. The Morgan fingerprint density at radius 3 is 2.46 bits per heavy atom. The number of rotatable bonds is 4. The number of piperazine rings is 1. The van der Waals surface area contributed by atoms with Gasteiger partial charge in [-0.25, -0.2) is 0 Å². The summed E-state index contributed by atoms with van der Waals surface area (Å²) in [6.45, 7) is 9.74. The summed E-state index contributed by atoms with van der Waals surface area (Å²) < 4.78 is 0. The summed E-state index contributed by atoms with van der Waals surface area (Å²) in [5.74, 6) is 0.146. The molecule has 0 bridgehead atoms. The Bertz CT molecular complexity index is 593. The van der Waals surface area contributed by atoms with E-state index in [0.29, 0.717) is 6.54 Å². The molecular formula is C19H32Cl2N4O. The van der Waals surface area contributed by atoms with Crippen molar-refractivity contribution < 1.29 is 4.79 Å². The number of likely N-dealkylation sites (tertiary alicyclic amines) is 1. The zero-order chi connectivity index (χ0) is 17.2. The van der Waals surface area contributed by atoms with E-state index < -0.39 is 0 Å². The van der Waals surface area contributed by atoms with E-state index in [2.05, 4.69) is 35.9 Å². The van der Waals surface area contributed by atoms with E-state index in [-0.39, 0.29) is 36.1 Å². The van der Waals surface area contributed by atoms with Crippen LogP contribution in [0.3, 0.4) is 0 Å². The zero-order valence-corrected chi connectivity index (χ0v) is 17.5. The number of carbonyl (C=O) groups is 1. The third-order valence-electron chi connectivity index (χ3n) is 5.51. The molecule has 0 radical (unpaired) electrons. The average molecular weight is 403 g/mol. The Kier molecular flexibility index (Phi) is 8.83. The number of nitrogens with two attached hydrogens (primary N) is 1. The molecule has 3 rings (SSSR count). The first-order valence-corrected chi connectivity index (χ1v) is 8.98. The standard InChI is InChI=1S/C19H30N4O.2ClH/c1-19(14-20)6-7-23(15-19)18(24)17-5-3-4-16(12-17)13-22-10-8-21(2)9-11-22;;/h3-5,12H,6-11,13-15,20H2,1-2H3;2*1H. The molecule has 148 valence electrons. The summed E-state index contributed by atoms with van der Waals surface area (Å²) in [6.07, 6.45) is 0.996. The Hall–Kier alpha value is -0.850. The number of amides is 1. The normalized spacial score (nSPS) is 24.0. The fourth-order valence-electron chi connectivity index (χ4n) is 3.61. The van der Waals surface area contributed by atoms with Gasteiger partial charge in [0.15, 0.2) is 0 Å². The highest BCUT2D eigenvalue weighted by atomic mass is 35.5. The molecule has 0 spiro atoms. The van der Waals surface area contributed by atoms with E-state index in [1.807, 2.05) is 17.0 Å². The van der Waals surface area contributed by atoms with Gasteiger partial charge in [-0.3, -0.25) is 9.69 Å². The number of hydrogen-bond donors (Lipinski definition) is 1. The first-order valence-electron chi connectivity index (χ1n) is 8.98. The molecule has 1 atom stereocenters. The van der Waals surface area contributed by atoms with Crippen molar-refractivity contribution in [2.24, 2.45) is 11.1 Å². The van der Waals surface area contributed by atoms with E-state index in [1.54, 1.807) is 0 Å². The minimum atomic E-state index is 0. The van der Waals surface area contributed by atoms with Crippen LogP contribution in [-0.4, -0.2) is 73.5 Å². The van der Waals surface area contributed by atoms with Crippen molar-refractivity contribution in [3.63, 3.8) is 0 Å². The van der Waals surface area contributed by atoms with Crippen LogP contribution in [-0.2, 0) is 6.54 Å². The van der Waals surface area contributed by atoms with Gasteiger partial charge in [-0.1, -0.05) is 19.1 Å². The van der Waals surface area contributed by atoms with Gasteiger partial charge in [0, 0.05) is 51.4 Å². The van der Waals surface area contributed by atoms with Gasteiger partial charge in [0.2, 0.25) is 0 Å². The lowest BCUT2D eigenvalue weighted by atomic mass is 9.90. The molecule has 1 amide bonds. The van der Waals surface area contributed by atoms with Crippen LogP contribution in [0.15, 0.2) is 24.3 Å². The van der Waals surface area contributed by atoms with Gasteiger partial charge in [-0.05, 0) is 43.1 Å². The molecular weight excluding hydrogens is 371 g/mol. The van der Waals surface area contributed by atoms with Crippen LogP contribution in [0, 0.1) is 5.41 Å². The number of carbonyl (C=O) groups excluding carboxylic acids is 1. The third-order valence-corrected chi connectivity index (χ3v) is 5.51. The van der Waals surface area contributed by atoms with Crippen LogP contribution in [0.4, 0.5) is 0 Å². The lowest BCUT2D eigenvalue weighted by Crippen LogP contribution is -2.43. The third kappa shape index (κ3) is 5.57. The maximum Gasteiger partial charge on any atom is 0.253 e. The summed E-state index contributed by atoms with van der Waals surface area (Å²) >= 11 is 0. The Morgan fingerprint density at radius 1 is 1.15 bits per heavy atom. The van der Waals surface area contributed by atoms with Crippen LogP contribution >= 0.6 is 24.8 Å². The van der Waals surface area contributed by atoms with Crippen LogP contribution in [0.25, 0.3) is 0 Å². The first kappa shape index (κ1) is 23.2. The SMILES string of the molecule is CN1CCN(Cc2cccc(C(=O)N3CCC(C)(CN)C3)c2)CC1.Cl.Cl. The van der Waals surface area contributed by atoms with E-state index in [1.165, 1.54) is 5.56 Å². The van der Waals surface area contributed by atoms with Gasteiger partial charge in [0.1, 0.15) is 0 Å². The van der Waals surface area contributed by atoms with Crippen molar-refractivity contribution in [2.75, 3.05) is 52.9 Å². The largest absolute Gasteiger partial charge is 0.338 e. The molecule has 26 heavy (non-hydrogen) atoms. The molecule has 2 fully saturated rings. The Labute approximate surface area is 169 Å². The van der Waals surface area contributed by atoms with Crippen LogP contribution in [0.1, 0.15) is 29.3 Å². The molecule has 1 aromatic rings. The monoisotopic (exact) mass is 402 g/mol. The number of benzene rings is 1. The molecule has 2 heterocycles. The molecule has 2 saturated heterocycles. The number of nitrogens with zero attached hydrogens (tertiary/aromatic N) is 3. The highest BCUT2D eigenvalue weighted by Gasteiger charge is 2.35. The number of halogens is 2. The maximum absolute atomic E-state index is 12.8. The van der Waals surface area contributed by atoms with Crippen molar-refractivity contribution in [3.05, 3.63) is 35.4 Å². The minimum Gasteiger partial charge on any atom is -0.338 e. The smallest absolute Gasteiger partial charge is 0.253 e. The molecule has 0 aliphatic carbocycles. The van der Waals surface area contributed by atoms with Crippen molar-refractivity contribution in [1.29, 1.82) is 0 Å². The van der Waals surface area contributed by atoms with Crippen molar-refractivity contribution in [3.8, 4) is 0 Å². The second kappa shape index (κ2) is 9.90. The molecule has 5 nitrogen and oxygen atoms in total. The van der Waals surface area contributed by atoms with E-state index in [9.17, 15) is 4.79 Å². The lowest BCUT2D eigenvalue weighted by Gasteiger charge is -2.32. The highest BCUT2D eigenvalue weighted by Crippen LogP contribution is 2.29. The zero-order valence-electron chi connectivity index (χ0n) is 15.8. The topological polar surface area (TPSA) is 52.8 Å². The molecule has 1 aromatic carbocycles. The van der Waals surface area contributed by atoms with Gasteiger partial charge in [-0.2, -0.15) is 0 Å². The maximum atomic E-state index is 12.8. The summed E-state index contributed by atoms with van der Waals surface area (Å²) in [4.78, 5) is 19.6. The van der Waals surface area contributed by atoms with E-state index in [0.717, 1.165) is 57.8 Å². The first-order chi connectivity index (χ1) is 11.5. The van der Waals surface area contributed by atoms with Crippen LogP contribution in [0.2, 0.25) is 0 Å². The van der Waals surface area contributed by atoms with Crippen LogP contribution in [0.5, 0.6) is 0 Å². The van der Waals surface area contributed by atoms with Crippen LogP contribution < -0.4 is 5.73 Å². The van der Waals surface area contributed by atoms with Crippen molar-refractivity contribution in [2.45, 2.75) is 19.9 Å². The number of likely N-dealkylation sites (N-methyl/N-ethyl adjacent to an activating group) is 1. The van der Waals surface area contributed by atoms with Crippen molar-refractivity contribution >= 4 is 30.7 Å². The molecule has 2 aliphatic heterocycles. The fourth-order valence-corrected chi connectivity index (χ4v) is 3.61. The molecule has 2 aliphatic rings. The van der Waals surface area contributed by atoms with Gasteiger partial charge >= 0.3 is 0 Å². The predicted molar refractivity (Wildman–Crippen MR) is 111 cm³/mol. The average Bonchev–Trinajstić information content (AvgIpc) is 3.00. The molecule has 7 heteroatoms. The summed E-state index contributed by atoms with van der Waals surface area (Å²) in [5, 5.41) is 0. The van der Waals surface area contributed by atoms with Crippen molar-refractivity contribution in [1.82, 2.24) is 14.7 Å². The quantitative estimate of drug-likeness (QED) is 0.837. The van der Waals surface area contributed by atoms with E-state index in [4.69, 9.17) is 5.73 Å². The van der Waals surface area contributed by atoms with Gasteiger partial charge in [0.05, 0.1) is 0 Å². The lowest BCUT2D eigenvalue weighted by molar-refractivity contribution is 0.0776. The van der Waals surface area contributed by atoms with E-state index >= 15 is 0 Å². The Morgan fingerprint density at radius 2 is 1.85 bits per heavy atom. The van der Waals surface area contributed by atoms with Gasteiger partial charge in [-0.15, -0.1) is 24.8 Å². The molecule has 0 saturated carbocycles. The summed E-state index contributed by atoms with van der Waals surface area (Å²) in [5.41, 5.74) is 7.97. The minimum absolute atomic E-state index is 0. The second-order valence-corrected chi connectivity index (χ2v) is 7.77. The molecule has 2 N–H and O–H groups in total. The van der Waals surface area contributed by atoms with Gasteiger partial charge < -0.3 is 15.5 Å². The predicted octanol–water partition coefficient (Wildman–Crippen LogP) is 2.09. The Balaban J connectivity index is 0.00000169. The fraction of sp³-hybridized carbons (Fsp3) is 0.632. The van der Waals surface area contributed by atoms with Gasteiger partial charge in [0.25, 0.3) is 5.91 Å². The summed E-state index contributed by atoms with van der Waals surface area (Å²) in [6, 6.07) is 8.15. The summed E-state index contributed by atoms with van der Waals surface area (Å²) in [7, 11) is 2.17. The molecule has 0 aromatic heterocycles. The highest BCUT2D eigenvalue weighted by molar-refractivity contribution is 5.94. The second-order valence-electron chi connectivity index (χ2n) is 7.77. The number of hydrogen-bond acceptors (Lipinski definition) is 4.